The van der Waals surface area contributed by atoms with E-state index >= 15 is 0 Å². The van der Waals surface area contributed by atoms with Crippen LogP contribution in [0.15, 0.2) is 59.5 Å². The standard InChI is InChI=1S/C27H35N3O4S/c1-34-25-11-9-24(10-12-25)29-20-16-23(17-21-29)28-27(31)15-8-22-6-13-26(14-7-22)35(32,33)30-18-4-2-3-5-19-30/h6-15,23H,2-5,16-21H2,1H3,(H,28,31)/b15-8+. The van der Waals surface area contributed by atoms with E-state index in [1.807, 2.05) is 12.1 Å². The molecule has 2 aromatic carbocycles. The molecule has 0 aromatic heterocycles. The van der Waals surface area contributed by atoms with Crippen LogP contribution in [0, 0.1) is 0 Å². The minimum absolute atomic E-state index is 0.130. The molecule has 4 rings (SSSR count). The van der Waals surface area contributed by atoms with Crippen molar-refractivity contribution < 1.29 is 17.9 Å². The summed E-state index contributed by atoms with van der Waals surface area (Å²) < 4.78 is 32.6. The van der Waals surface area contributed by atoms with Crippen molar-refractivity contribution in [2.45, 2.75) is 49.5 Å². The van der Waals surface area contributed by atoms with Crippen molar-refractivity contribution >= 4 is 27.7 Å². The van der Waals surface area contributed by atoms with Gasteiger partial charge in [0.25, 0.3) is 0 Å². The van der Waals surface area contributed by atoms with Gasteiger partial charge in [0, 0.05) is 44.0 Å². The summed E-state index contributed by atoms with van der Waals surface area (Å²) in [7, 11) is -1.80. The number of nitrogens with one attached hydrogen (secondary N) is 1. The first kappa shape index (κ1) is 25.3. The van der Waals surface area contributed by atoms with Crippen LogP contribution >= 0.6 is 0 Å². The van der Waals surface area contributed by atoms with Gasteiger partial charge in [-0.1, -0.05) is 25.0 Å². The van der Waals surface area contributed by atoms with Gasteiger partial charge in [-0.2, -0.15) is 4.31 Å². The summed E-state index contributed by atoms with van der Waals surface area (Å²) in [5.41, 5.74) is 1.96. The molecule has 2 saturated heterocycles. The van der Waals surface area contributed by atoms with E-state index in [9.17, 15) is 13.2 Å². The lowest BCUT2D eigenvalue weighted by atomic mass is 10.0. The van der Waals surface area contributed by atoms with Gasteiger partial charge in [-0.3, -0.25) is 4.79 Å². The normalized spacial score (nSPS) is 18.4. The maximum atomic E-state index is 12.9. The molecule has 2 heterocycles. The van der Waals surface area contributed by atoms with Crippen molar-refractivity contribution in [3.05, 3.63) is 60.2 Å². The lowest BCUT2D eigenvalue weighted by Gasteiger charge is -2.33. The minimum atomic E-state index is -3.46. The summed E-state index contributed by atoms with van der Waals surface area (Å²) >= 11 is 0. The number of ether oxygens (including phenoxy) is 1. The highest BCUT2D eigenvalue weighted by molar-refractivity contribution is 7.89. The molecule has 2 aromatic rings. The van der Waals surface area contributed by atoms with Crippen molar-refractivity contribution in [3.8, 4) is 5.75 Å². The summed E-state index contributed by atoms with van der Waals surface area (Å²) in [4.78, 5) is 15.1. The van der Waals surface area contributed by atoms with Gasteiger partial charge in [-0.25, -0.2) is 8.42 Å². The van der Waals surface area contributed by atoms with Crippen LogP contribution in [-0.2, 0) is 14.8 Å². The Morgan fingerprint density at radius 1 is 0.914 bits per heavy atom. The quantitative estimate of drug-likeness (QED) is 0.584. The van der Waals surface area contributed by atoms with Crippen LogP contribution in [0.2, 0.25) is 0 Å². The molecule has 1 N–H and O–H groups in total. The largest absolute Gasteiger partial charge is 0.497 e. The van der Waals surface area contributed by atoms with E-state index in [1.54, 1.807) is 41.8 Å². The molecule has 188 valence electrons. The Morgan fingerprint density at radius 2 is 1.54 bits per heavy atom. The summed E-state index contributed by atoms with van der Waals surface area (Å²) in [6.45, 7) is 2.94. The Labute approximate surface area is 208 Å². The zero-order valence-corrected chi connectivity index (χ0v) is 21.2. The predicted molar refractivity (Wildman–Crippen MR) is 139 cm³/mol. The number of carbonyl (C=O) groups excluding carboxylic acids is 1. The Bertz CT molecular complexity index is 1100. The smallest absolute Gasteiger partial charge is 0.244 e. The summed E-state index contributed by atoms with van der Waals surface area (Å²) in [5, 5.41) is 3.09. The number of piperidine rings is 1. The Hall–Kier alpha value is -2.84. The SMILES string of the molecule is COc1ccc(N2CCC(NC(=O)/C=C/c3ccc(S(=O)(=O)N4CCCCCC4)cc3)CC2)cc1. The highest BCUT2D eigenvalue weighted by Crippen LogP contribution is 2.23. The molecule has 0 atom stereocenters. The molecule has 0 bridgehead atoms. The first-order valence-electron chi connectivity index (χ1n) is 12.4. The van der Waals surface area contributed by atoms with Gasteiger partial charge < -0.3 is 15.0 Å². The summed E-state index contributed by atoms with van der Waals surface area (Å²) in [5.74, 6) is 0.713. The van der Waals surface area contributed by atoms with Crippen LogP contribution in [0.1, 0.15) is 44.1 Å². The number of amides is 1. The molecule has 8 heteroatoms. The molecule has 0 aliphatic carbocycles. The lowest BCUT2D eigenvalue weighted by molar-refractivity contribution is -0.117. The van der Waals surface area contributed by atoms with E-state index in [0.29, 0.717) is 18.0 Å². The maximum absolute atomic E-state index is 12.9. The molecule has 0 unspecified atom stereocenters. The molecule has 7 nitrogen and oxygen atoms in total. The van der Waals surface area contributed by atoms with E-state index in [2.05, 4.69) is 22.3 Å². The number of hydrogen-bond donors (Lipinski definition) is 1. The van der Waals surface area contributed by atoms with Gasteiger partial charge in [0.1, 0.15) is 5.75 Å². The third-order valence-corrected chi connectivity index (χ3v) is 8.70. The molecule has 2 aliphatic rings. The third kappa shape index (κ3) is 6.64. The fraction of sp³-hybridized carbons (Fsp3) is 0.444. The number of nitrogens with zero attached hydrogens (tertiary/aromatic N) is 2. The number of carbonyl (C=O) groups is 1. The molecular formula is C27H35N3O4S. The number of rotatable bonds is 7. The molecule has 0 radical (unpaired) electrons. The van der Waals surface area contributed by atoms with Gasteiger partial charge in [0.2, 0.25) is 15.9 Å². The maximum Gasteiger partial charge on any atom is 0.244 e. The third-order valence-electron chi connectivity index (χ3n) is 6.79. The monoisotopic (exact) mass is 497 g/mol. The second-order valence-corrected chi connectivity index (χ2v) is 11.1. The van der Waals surface area contributed by atoms with Crippen molar-refractivity contribution in [2.75, 3.05) is 38.2 Å². The van der Waals surface area contributed by atoms with Gasteiger partial charge in [0.05, 0.1) is 12.0 Å². The van der Waals surface area contributed by atoms with E-state index in [4.69, 9.17) is 4.74 Å². The highest BCUT2D eigenvalue weighted by atomic mass is 32.2. The fourth-order valence-electron chi connectivity index (χ4n) is 4.68. The van der Waals surface area contributed by atoms with E-state index in [0.717, 1.165) is 68.6 Å². The van der Waals surface area contributed by atoms with Crippen LogP contribution in [0.4, 0.5) is 5.69 Å². The minimum Gasteiger partial charge on any atom is -0.497 e. The number of anilines is 1. The summed E-state index contributed by atoms with van der Waals surface area (Å²) in [6.07, 6.45) is 9.01. The van der Waals surface area contributed by atoms with Gasteiger partial charge in [0.15, 0.2) is 0 Å². The Kier molecular flexibility index (Phi) is 8.46. The van der Waals surface area contributed by atoms with E-state index < -0.39 is 10.0 Å². The Morgan fingerprint density at radius 3 is 2.14 bits per heavy atom. The van der Waals surface area contributed by atoms with Crippen LogP contribution < -0.4 is 15.0 Å². The number of hydrogen-bond acceptors (Lipinski definition) is 5. The number of benzene rings is 2. The van der Waals surface area contributed by atoms with Crippen molar-refractivity contribution in [2.24, 2.45) is 0 Å². The number of sulfonamides is 1. The van der Waals surface area contributed by atoms with Gasteiger partial charge in [-0.15, -0.1) is 0 Å². The molecule has 2 fully saturated rings. The zero-order valence-electron chi connectivity index (χ0n) is 20.4. The Balaban J connectivity index is 1.26. The first-order valence-corrected chi connectivity index (χ1v) is 13.9. The van der Waals surface area contributed by atoms with Crippen molar-refractivity contribution in [1.29, 1.82) is 0 Å². The second-order valence-electron chi connectivity index (χ2n) is 9.19. The van der Waals surface area contributed by atoms with Crippen molar-refractivity contribution in [3.63, 3.8) is 0 Å². The molecule has 2 aliphatic heterocycles. The molecular weight excluding hydrogens is 462 g/mol. The topological polar surface area (TPSA) is 79.0 Å². The predicted octanol–water partition coefficient (Wildman–Crippen LogP) is 4.06. The molecule has 0 spiro atoms. The average molecular weight is 498 g/mol. The van der Waals surface area contributed by atoms with Gasteiger partial charge in [-0.05, 0) is 73.7 Å². The second kappa shape index (κ2) is 11.7. The van der Waals surface area contributed by atoms with Crippen LogP contribution in [-0.4, -0.2) is 58.0 Å². The molecule has 35 heavy (non-hydrogen) atoms. The fourth-order valence-corrected chi connectivity index (χ4v) is 6.20. The summed E-state index contributed by atoms with van der Waals surface area (Å²) in [6, 6.07) is 15.0. The lowest BCUT2D eigenvalue weighted by Crippen LogP contribution is -2.44. The first-order chi connectivity index (χ1) is 17.0. The van der Waals surface area contributed by atoms with Crippen LogP contribution in [0.3, 0.4) is 0 Å². The van der Waals surface area contributed by atoms with Crippen LogP contribution in [0.25, 0.3) is 6.08 Å². The molecule has 0 saturated carbocycles. The number of methoxy groups -OCH3 is 1. The average Bonchev–Trinajstić information content (AvgIpc) is 3.19. The van der Waals surface area contributed by atoms with Gasteiger partial charge >= 0.3 is 0 Å². The van der Waals surface area contributed by atoms with Crippen molar-refractivity contribution in [1.82, 2.24) is 9.62 Å². The molecule has 1 amide bonds. The highest BCUT2D eigenvalue weighted by Gasteiger charge is 2.25. The zero-order chi connectivity index (χ0) is 24.7. The van der Waals surface area contributed by atoms with E-state index in [-0.39, 0.29) is 11.9 Å². The van der Waals surface area contributed by atoms with Crippen LogP contribution in [0.5, 0.6) is 5.75 Å². The van der Waals surface area contributed by atoms with E-state index in [1.165, 1.54) is 6.08 Å².